The zero-order valence-electron chi connectivity index (χ0n) is 10.1. The summed E-state index contributed by atoms with van der Waals surface area (Å²) in [6.07, 6.45) is 0. The number of hydrogen-bond donors (Lipinski definition) is 3. The zero-order valence-corrected chi connectivity index (χ0v) is 11.7. The summed E-state index contributed by atoms with van der Waals surface area (Å²) in [7, 11) is 0. The van der Waals surface area contributed by atoms with Crippen LogP contribution in [0.25, 0.3) is 0 Å². The van der Waals surface area contributed by atoms with E-state index >= 15 is 0 Å². The first-order valence-corrected chi connectivity index (χ1v) is 6.36. The van der Waals surface area contributed by atoms with E-state index in [4.69, 9.17) is 0 Å². The number of amides is 1. The van der Waals surface area contributed by atoms with Gasteiger partial charge in [-0.1, -0.05) is 15.9 Å². The highest BCUT2D eigenvalue weighted by Crippen LogP contribution is 2.25. The smallest absolute Gasteiger partial charge is 0.259 e. The average molecular weight is 322 g/mol. The van der Waals surface area contributed by atoms with Gasteiger partial charge in [-0.2, -0.15) is 0 Å². The van der Waals surface area contributed by atoms with Gasteiger partial charge in [0.2, 0.25) is 0 Å². The second-order valence-corrected chi connectivity index (χ2v) is 5.03. The minimum Gasteiger partial charge on any atom is -0.508 e. The van der Waals surface area contributed by atoms with Crippen molar-refractivity contribution >= 4 is 27.5 Å². The quantitative estimate of drug-likeness (QED) is 0.742. The highest BCUT2D eigenvalue weighted by molar-refractivity contribution is 9.10. The van der Waals surface area contributed by atoms with Gasteiger partial charge in [0.15, 0.2) is 0 Å². The summed E-state index contributed by atoms with van der Waals surface area (Å²) < 4.78 is 0.697. The lowest BCUT2D eigenvalue weighted by Gasteiger charge is -2.10. The minimum absolute atomic E-state index is 0.0942. The van der Waals surface area contributed by atoms with Crippen LogP contribution in [0.1, 0.15) is 15.9 Å². The molecule has 98 valence electrons. The molecule has 2 aromatic carbocycles. The van der Waals surface area contributed by atoms with Gasteiger partial charge < -0.3 is 15.5 Å². The minimum atomic E-state index is -0.404. The Morgan fingerprint density at radius 2 is 1.89 bits per heavy atom. The Morgan fingerprint density at radius 3 is 2.53 bits per heavy atom. The summed E-state index contributed by atoms with van der Waals surface area (Å²) in [5, 5.41) is 21.7. The SMILES string of the molecule is Cc1cc(O)ccc1NC(=O)c1ccc(Br)cc1O. The molecule has 0 heterocycles. The summed E-state index contributed by atoms with van der Waals surface area (Å²) in [6.45, 7) is 1.77. The molecule has 2 rings (SSSR count). The van der Waals surface area contributed by atoms with Crippen LogP contribution in [0, 0.1) is 6.92 Å². The van der Waals surface area contributed by atoms with Gasteiger partial charge in [-0.3, -0.25) is 4.79 Å². The third kappa shape index (κ3) is 3.06. The summed E-state index contributed by atoms with van der Waals surface area (Å²) >= 11 is 3.21. The van der Waals surface area contributed by atoms with E-state index in [0.717, 1.165) is 5.56 Å². The van der Waals surface area contributed by atoms with Gasteiger partial charge in [0.1, 0.15) is 11.5 Å². The van der Waals surface area contributed by atoms with E-state index in [1.807, 2.05) is 0 Å². The van der Waals surface area contributed by atoms with Crippen molar-refractivity contribution < 1.29 is 15.0 Å². The number of rotatable bonds is 2. The molecule has 0 radical (unpaired) electrons. The molecular formula is C14H12BrNO3. The van der Waals surface area contributed by atoms with Gasteiger partial charge in [-0.05, 0) is 48.9 Å². The Bertz CT molecular complexity index is 641. The molecule has 0 fully saturated rings. The lowest BCUT2D eigenvalue weighted by molar-refractivity contribution is 0.102. The van der Waals surface area contributed by atoms with Crippen molar-refractivity contribution in [3.8, 4) is 11.5 Å². The van der Waals surface area contributed by atoms with E-state index in [2.05, 4.69) is 21.2 Å². The second kappa shape index (κ2) is 5.32. The maximum absolute atomic E-state index is 12.0. The molecule has 0 saturated carbocycles. The monoisotopic (exact) mass is 321 g/mol. The Hall–Kier alpha value is -2.01. The molecule has 19 heavy (non-hydrogen) atoms. The number of hydrogen-bond acceptors (Lipinski definition) is 3. The van der Waals surface area contributed by atoms with Gasteiger partial charge in [0.05, 0.1) is 5.56 Å². The van der Waals surface area contributed by atoms with Crippen LogP contribution in [0.15, 0.2) is 40.9 Å². The van der Waals surface area contributed by atoms with Crippen molar-refractivity contribution in [1.82, 2.24) is 0 Å². The van der Waals surface area contributed by atoms with Gasteiger partial charge in [-0.15, -0.1) is 0 Å². The van der Waals surface area contributed by atoms with Gasteiger partial charge in [-0.25, -0.2) is 0 Å². The normalized spacial score (nSPS) is 10.2. The Labute approximate surface area is 118 Å². The van der Waals surface area contributed by atoms with Crippen LogP contribution in [0.5, 0.6) is 11.5 Å². The number of halogens is 1. The van der Waals surface area contributed by atoms with Crippen LogP contribution in [0.3, 0.4) is 0 Å². The Morgan fingerprint density at radius 1 is 1.16 bits per heavy atom. The molecular weight excluding hydrogens is 310 g/mol. The number of phenolic OH excluding ortho intramolecular Hbond substituents is 2. The van der Waals surface area contributed by atoms with Crippen LogP contribution < -0.4 is 5.32 Å². The lowest BCUT2D eigenvalue weighted by atomic mass is 10.1. The number of nitrogens with one attached hydrogen (secondary N) is 1. The maximum atomic E-state index is 12.0. The van der Waals surface area contributed by atoms with E-state index in [1.54, 1.807) is 25.1 Å². The molecule has 0 aromatic heterocycles. The fourth-order valence-electron chi connectivity index (χ4n) is 1.67. The second-order valence-electron chi connectivity index (χ2n) is 4.11. The summed E-state index contributed by atoms with van der Waals surface area (Å²) in [5.74, 6) is -0.357. The van der Waals surface area contributed by atoms with E-state index in [9.17, 15) is 15.0 Å². The third-order valence-electron chi connectivity index (χ3n) is 2.66. The van der Waals surface area contributed by atoms with Crippen LogP contribution >= 0.6 is 15.9 Å². The first-order chi connectivity index (χ1) is 8.97. The fraction of sp³-hybridized carbons (Fsp3) is 0.0714. The number of anilines is 1. The van der Waals surface area contributed by atoms with Crippen LogP contribution in [-0.4, -0.2) is 16.1 Å². The molecule has 0 bridgehead atoms. The molecule has 3 N–H and O–H groups in total. The molecule has 5 heteroatoms. The van der Waals surface area contributed by atoms with Crippen molar-refractivity contribution in [3.63, 3.8) is 0 Å². The maximum Gasteiger partial charge on any atom is 0.259 e. The molecule has 2 aromatic rings. The van der Waals surface area contributed by atoms with E-state index < -0.39 is 5.91 Å². The highest BCUT2D eigenvalue weighted by Gasteiger charge is 2.12. The lowest BCUT2D eigenvalue weighted by Crippen LogP contribution is -2.12. The molecule has 0 aliphatic carbocycles. The topological polar surface area (TPSA) is 69.6 Å². The van der Waals surface area contributed by atoms with E-state index in [0.29, 0.717) is 10.2 Å². The van der Waals surface area contributed by atoms with Gasteiger partial charge >= 0.3 is 0 Å². The largest absolute Gasteiger partial charge is 0.508 e. The number of carbonyl (C=O) groups excluding carboxylic acids is 1. The van der Waals surface area contributed by atoms with Crippen LogP contribution in [0.4, 0.5) is 5.69 Å². The molecule has 0 atom stereocenters. The summed E-state index contributed by atoms with van der Waals surface area (Å²) in [4.78, 5) is 12.0. The van der Waals surface area contributed by atoms with Crippen molar-refractivity contribution in [2.75, 3.05) is 5.32 Å². The van der Waals surface area contributed by atoms with E-state index in [-0.39, 0.29) is 17.1 Å². The summed E-state index contributed by atoms with van der Waals surface area (Å²) in [6, 6.07) is 9.32. The Kier molecular flexibility index (Phi) is 3.76. The summed E-state index contributed by atoms with van der Waals surface area (Å²) in [5.41, 5.74) is 1.52. The molecule has 0 spiro atoms. The average Bonchev–Trinajstić information content (AvgIpc) is 2.32. The number of phenols is 2. The molecule has 0 aliphatic rings. The van der Waals surface area contributed by atoms with Crippen LogP contribution in [-0.2, 0) is 0 Å². The predicted molar refractivity (Wildman–Crippen MR) is 76.6 cm³/mol. The fourth-order valence-corrected chi connectivity index (χ4v) is 2.02. The standard InChI is InChI=1S/C14H12BrNO3/c1-8-6-10(17)3-5-12(8)16-14(19)11-4-2-9(15)7-13(11)18/h2-7,17-18H,1H3,(H,16,19). The highest BCUT2D eigenvalue weighted by atomic mass is 79.9. The van der Waals surface area contributed by atoms with Crippen molar-refractivity contribution in [3.05, 3.63) is 52.0 Å². The number of benzene rings is 2. The number of carbonyl (C=O) groups is 1. The van der Waals surface area contributed by atoms with Gasteiger partial charge in [0.25, 0.3) is 5.91 Å². The first-order valence-electron chi connectivity index (χ1n) is 5.57. The molecule has 1 amide bonds. The van der Waals surface area contributed by atoms with Crippen molar-refractivity contribution in [2.24, 2.45) is 0 Å². The number of aromatic hydroxyl groups is 2. The molecule has 0 saturated heterocycles. The van der Waals surface area contributed by atoms with Crippen molar-refractivity contribution in [1.29, 1.82) is 0 Å². The zero-order chi connectivity index (χ0) is 14.0. The first kappa shape index (κ1) is 13.4. The molecule has 4 nitrogen and oxygen atoms in total. The van der Waals surface area contributed by atoms with Gasteiger partial charge in [0, 0.05) is 10.2 Å². The van der Waals surface area contributed by atoms with Crippen molar-refractivity contribution in [2.45, 2.75) is 6.92 Å². The Balaban J connectivity index is 2.25. The molecule has 0 aliphatic heterocycles. The third-order valence-corrected chi connectivity index (χ3v) is 3.16. The van der Waals surface area contributed by atoms with E-state index in [1.165, 1.54) is 18.2 Å². The van der Waals surface area contributed by atoms with Crippen LogP contribution in [0.2, 0.25) is 0 Å². The molecule has 0 unspecified atom stereocenters. The number of aryl methyl sites for hydroxylation is 1. The predicted octanol–water partition coefficient (Wildman–Crippen LogP) is 3.42.